The van der Waals surface area contributed by atoms with Crippen LogP contribution < -0.4 is 10.4 Å². The largest absolute Gasteiger partial charge is 0.495 e. The summed E-state index contributed by atoms with van der Waals surface area (Å²) in [6, 6.07) is 10.7. The third-order valence-electron chi connectivity index (χ3n) is 3.45. The average molecular weight is 298 g/mol. The second-order valence-corrected chi connectivity index (χ2v) is 4.72. The van der Waals surface area contributed by atoms with E-state index in [0.717, 1.165) is 16.6 Å². The monoisotopic (exact) mass is 298 g/mol. The molecule has 0 aliphatic carbocycles. The predicted octanol–water partition coefficient (Wildman–Crippen LogP) is 2.32. The van der Waals surface area contributed by atoms with E-state index in [1.165, 1.54) is 14.2 Å². The number of hydrogen-bond donors (Lipinski definition) is 2. The molecule has 0 radical (unpaired) electrons. The number of para-hydroxylation sites is 1. The highest BCUT2D eigenvalue weighted by Gasteiger charge is 2.17. The van der Waals surface area contributed by atoms with Crippen molar-refractivity contribution >= 4 is 17.0 Å². The molecule has 1 aromatic heterocycles. The van der Waals surface area contributed by atoms with E-state index in [0.29, 0.717) is 16.8 Å². The fraction of sp³-hybridized carbons (Fsp3) is 0.125. The molecule has 0 bridgehead atoms. The third kappa shape index (κ3) is 2.24. The van der Waals surface area contributed by atoms with Crippen molar-refractivity contribution in [3.63, 3.8) is 0 Å². The number of hydrogen-bond acceptors (Lipinski definition) is 4. The minimum absolute atomic E-state index is 0.262. The molecule has 0 aliphatic rings. The summed E-state index contributed by atoms with van der Waals surface area (Å²) in [6.07, 6.45) is 0. The number of fused-ring (bicyclic) bond motifs is 1. The van der Waals surface area contributed by atoms with E-state index in [1.54, 1.807) is 18.2 Å². The molecule has 0 fully saturated rings. The van der Waals surface area contributed by atoms with Crippen molar-refractivity contribution in [2.45, 2.75) is 0 Å². The summed E-state index contributed by atoms with van der Waals surface area (Å²) >= 11 is 0. The molecule has 6 heteroatoms. The Morgan fingerprint density at radius 3 is 2.55 bits per heavy atom. The van der Waals surface area contributed by atoms with Gasteiger partial charge in [0.05, 0.1) is 25.3 Å². The van der Waals surface area contributed by atoms with E-state index in [1.807, 2.05) is 18.2 Å². The van der Waals surface area contributed by atoms with Crippen LogP contribution in [0.1, 0.15) is 10.4 Å². The van der Waals surface area contributed by atoms with Crippen molar-refractivity contribution in [3.8, 4) is 16.9 Å². The zero-order chi connectivity index (χ0) is 15.7. The maximum atomic E-state index is 11.8. The molecule has 112 valence electrons. The van der Waals surface area contributed by atoms with Crippen molar-refractivity contribution in [2.75, 3.05) is 14.2 Å². The molecule has 22 heavy (non-hydrogen) atoms. The van der Waals surface area contributed by atoms with Gasteiger partial charge in [-0.2, -0.15) is 0 Å². The summed E-state index contributed by atoms with van der Waals surface area (Å²) < 4.78 is 10.2. The van der Waals surface area contributed by atoms with Crippen LogP contribution >= 0.6 is 0 Å². The predicted molar refractivity (Wildman–Crippen MR) is 82.2 cm³/mol. The molecule has 0 atom stereocenters. The number of aromatic nitrogens is 2. The van der Waals surface area contributed by atoms with Gasteiger partial charge in [0.25, 0.3) is 0 Å². The van der Waals surface area contributed by atoms with Crippen LogP contribution in [0.5, 0.6) is 5.75 Å². The Balaban J connectivity index is 2.20. The van der Waals surface area contributed by atoms with Crippen LogP contribution in [0, 0.1) is 0 Å². The van der Waals surface area contributed by atoms with Crippen molar-refractivity contribution in [1.82, 2.24) is 9.97 Å². The molecule has 0 aliphatic heterocycles. The first-order chi connectivity index (χ1) is 10.6. The van der Waals surface area contributed by atoms with Crippen LogP contribution in [-0.2, 0) is 4.74 Å². The molecule has 0 unspecified atom stereocenters. The summed E-state index contributed by atoms with van der Waals surface area (Å²) in [5.41, 5.74) is 3.07. The number of imidazole rings is 1. The zero-order valence-electron chi connectivity index (χ0n) is 12.1. The quantitative estimate of drug-likeness (QED) is 0.727. The van der Waals surface area contributed by atoms with Gasteiger partial charge in [-0.3, -0.25) is 0 Å². The average Bonchev–Trinajstić information content (AvgIpc) is 2.92. The van der Waals surface area contributed by atoms with Gasteiger partial charge in [0.15, 0.2) is 0 Å². The minimum atomic E-state index is -0.463. The number of rotatable bonds is 3. The summed E-state index contributed by atoms with van der Waals surface area (Å²) in [6.45, 7) is 0. The SMILES string of the molecule is COC(=O)c1cccc(-c2ccc3[nH]c(=O)[nH]c3c2)c1OC. The van der Waals surface area contributed by atoms with E-state index in [-0.39, 0.29) is 5.69 Å². The number of carbonyl (C=O) groups excluding carboxylic acids is 1. The second-order valence-electron chi connectivity index (χ2n) is 4.72. The van der Waals surface area contributed by atoms with Crippen LogP contribution in [0.25, 0.3) is 22.2 Å². The van der Waals surface area contributed by atoms with Gasteiger partial charge < -0.3 is 19.4 Å². The number of methoxy groups -OCH3 is 2. The lowest BCUT2D eigenvalue weighted by molar-refractivity contribution is 0.0597. The summed E-state index contributed by atoms with van der Waals surface area (Å²) in [5, 5.41) is 0. The fourth-order valence-electron chi connectivity index (χ4n) is 2.46. The van der Waals surface area contributed by atoms with E-state index in [2.05, 4.69) is 9.97 Å². The lowest BCUT2D eigenvalue weighted by Crippen LogP contribution is -2.04. The molecule has 3 aromatic rings. The molecular weight excluding hydrogens is 284 g/mol. The van der Waals surface area contributed by atoms with E-state index >= 15 is 0 Å². The van der Waals surface area contributed by atoms with Crippen LogP contribution in [0.3, 0.4) is 0 Å². The molecule has 3 rings (SSSR count). The molecule has 0 saturated heterocycles. The van der Waals surface area contributed by atoms with Gasteiger partial charge in [-0.1, -0.05) is 18.2 Å². The first kappa shape index (κ1) is 13.9. The normalized spacial score (nSPS) is 10.6. The Morgan fingerprint density at radius 1 is 1.05 bits per heavy atom. The Hall–Kier alpha value is -3.02. The second kappa shape index (κ2) is 5.40. The van der Waals surface area contributed by atoms with Crippen LogP contribution in [-0.4, -0.2) is 30.2 Å². The molecule has 0 spiro atoms. The van der Waals surface area contributed by atoms with Crippen LogP contribution in [0.4, 0.5) is 0 Å². The van der Waals surface area contributed by atoms with Crippen molar-refractivity contribution < 1.29 is 14.3 Å². The van der Waals surface area contributed by atoms with Crippen LogP contribution in [0.15, 0.2) is 41.2 Å². The first-order valence-electron chi connectivity index (χ1n) is 6.62. The molecular formula is C16H14N2O4. The number of esters is 1. The highest BCUT2D eigenvalue weighted by atomic mass is 16.5. The van der Waals surface area contributed by atoms with Gasteiger partial charge >= 0.3 is 11.7 Å². The van der Waals surface area contributed by atoms with Crippen molar-refractivity contribution in [2.24, 2.45) is 0 Å². The van der Waals surface area contributed by atoms with Gasteiger partial charge in [-0.05, 0) is 23.8 Å². The number of aromatic amines is 2. The smallest absolute Gasteiger partial charge is 0.341 e. The first-order valence-corrected chi connectivity index (χ1v) is 6.62. The zero-order valence-corrected chi connectivity index (χ0v) is 12.1. The number of nitrogens with one attached hydrogen (secondary N) is 2. The summed E-state index contributed by atoms with van der Waals surface area (Å²) in [5.74, 6) is -0.0265. The van der Waals surface area contributed by atoms with E-state index in [9.17, 15) is 9.59 Å². The highest BCUT2D eigenvalue weighted by molar-refractivity contribution is 5.96. The molecule has 6 nitrogen and oxygen atoms in total. The van der Waals surface area contributed by atoms with Gasteiger partial charge in [-0.15, -0.1) is 0 Å². The topological polar surface area (TPSA) is 84.2 Å². The molecule has 2 N–H and O–H groups in total. The molecule has 0 amide bonds. The molecule has 0 saturated carbocycles. The number of H-pyrrole nitrogens is 2. The maximum Gasteiger partial charge on any atom is 0.341 e. The lowest BCUT2D eigenvalue weighted by Gasteiger charge is -2.12. The van der Waals surface area contributed by atoms with Gasteiger partial charge in [0.2, 0.25) is 0 Å². The Labute approximate surface area is 125 Å². The maximum absolute atomic E-state index is 11.8. The van der Waals surface area contributed by atoms with Gasteiger partial charge in [0, 0.05) is 5.56 Å². The Kier molecular flexibility index (Phi) is 3.42. The van der Waals surface area contributed by atoms with Gasteiger partial charge in [-0.25, -0.2) is 9.59 Å². The Morgan fingerprint density at radius 2 is 1.82 bits per heavy atom. The third-order valence-corrected chi connectivity index (χ3v) is 3.45. The minimum Gasteiger partial charge on any atom is -0.495 e. The van der Waals surface area contributed by atoms with Crippen molar-refractivity contribution in [3.05, 3.63) is 52.4 Å². The molecule has 2 aromatic carbocycles. The van der Waals surface area contributed by atoms with E-state index < -0.39 is 5.97 Å². The number of benzene rings is 2. The number of carbonyl (C=O) groups is 1. The Bertz CT molecular complexity index is 908. The van der Waals surface area contributed by atoms with Crippen molar-refractivity contribution in [1.29, 1.82) is 0 Å². The van der Waals surface area contributed by atoms with Crippen LogP contribution in [0.2, 0.25) is 0 Å². The number of ether oxygens (including phenoxy) is 2. The van der Waals surface area contributed by atoms with E-state index in [4.69, 9.17) is 9.47 Å². The molecule has 1 heterocycles. The summed E-state index contributed by atoms with van der Waals surface area (Å²) in [7, 11) is 2.83. The standard InChI is InChI=1S/C16H14N2O4/c1-21-14-10(4-3-5-11(14)15(19)22-2)9-6-7-12-13(8-9)18-16(20)17-12/h3-8H,1-2H3,(H2,17,18,20). The van der Waals surface area contributed by atoms with Gasteiger partial charge in [0.1, 0.15) is 11.3 Å². The highest BCUT2D eigenvalue weighted by Crippen LogP contribution is 2.34. The summed E-state index contributed by atoms with van der Waals surface area (Å²) in [4.78, 5) is 28.6. The fourth-order valence-corrected chi connectivity index (χ4v) is 2.46. The lowest BCUT2D eigenvalue weighted by atomic mass is 10.0.